The van der Waals surface area contributed by atoms with Crippen molar-refractivity contribution in [1.29, 1.82) is 0 Å². The number of rotatable bonds is 7. The second-order valence-corrected chi connectivity index (χ2v) is 10.5. The summed E-state index contributed by atoms with van der Waals surface area (Å²) in [5.41, 5.74) is -0.384. The largest absolute Gasteiger partial charge is 0.482 e. The zero-order chi connectivity index (χ0) is 25.4. The minimum Gasteiger partial charge on any atom is -0.482 e. The van der Waals surface area contributed by atoms with Gasteiger partial charge >= 0.3 is 5.97 Å². The lowest BCUT2D eigenvalue weighted by Gasteiger charge is -2.19. The second kappa shape index (κ2) is 11.6. The molecule has 5 heteroatoms. The molecular weight excluding hydrogens is 471 g/mol. The van der Waals surface area contributed by atoms with Crippen LogP contribution in [0.3, 0.4) is 0 Å². The lowest BCUT2D eigenvalue weighted by atomic mass is 10.1. The molecule has 0 unspecified atom stereocenters. The lowest BCUT2D eigenvalue weighted by Crippen LogP contribution is -2.29. The molecule has 0 aliphatic heterocycles. The van der Waals surface area contributed by atoms with Gasteiger partial charge in [-0.05, 0) is 74.5 Å². The third-order valence-corrected chi connectivity index (χ3v) is 7.29. The van der Waals surface area contributed by atoms with Crippen LogP contribution >= 0.6 is 0 Å². The fourth-order valence-corrected chi connectivity index (χ4v) is 5.57. The van der Waals surface area contributed by atoms with Crippen LogP contribution < -0.4 is 4.74 Å². The van der Waals surface area contributed by atoms with Crippen molar-refractivity contribution in [2.75, 3.05) is 6.61 Å². The number of carbonyl (C=O) groups excluding carboxylic acids is 1. The molecule has 0 saturated carbocycles. The Morgan fingerprint density at radius 3 is 2.00 bits per heavy atom. The van der Waals surface area contributed by atoms with Crippen LogP contribution in [0.2, 0.25) is 0 Å². The molecule has 4 aromatic rings. The fraction of sp³-hybridized carbons (Fsp3) is 0.129. The van der Waals surface area contributed by atoms with Crippen LogP contribution in [-0.2, 0) is 20.4 Å². The molecule has 0 aliphatic carbocycles. The molecule has 3 nitrogen and oxygen atoms in total. The summed E-state index contributed by atoms with van der Waals surface area (Å²) >= 11 is 0. The van der Waals surface area contributed by atoms with E-state index in [9.17, 15) is 9.18 Å². The lowest BCUT2D eigenvalue weighted by molar-refractivity contribution is -0.154. The molecule has 180 valence electrons. The van der Waals surface area contributed by atoms with Gasteiger partial charge in [0.05, 0.1) is 10.9 Å². The van der Waals surface area contributed by atoms with Gasteiger partial charge in [-0.3, -0.25) is 0 Å². The number of carbonyl (C=O) groups is 1. The summed E-state index contributed by atoms with van der Waals surface area (Å²) < 4.78 is 24.4. The van der Waals surface area contributed by atoms with Gasteiger partial charge in [-0.2, -0.15) is 0 Å². The summed E-state index contributed by atoms with van der Waals surface area (Å²) in [7, 11) is -0.315. The van der Waals surface area contributed by atoms with Gasteiger partial charge in [0.2, 0.25) is 0 Å². The standard InChI is InChI=1S/C31H26FO3S/c1-31(2,21-20-24-16-18-25(32)19-17-24)35-30(33)23-34-26-10-9-15-29(22-26)36(27-11-5-3-6-12-27)28-13-7-4-8-14-28/h3-19,22H,23H2,1-2H3/q+1. The fourth-order valence-electron chi connectivity index (χ4n) is 3.45. The first-order chi connectivity index (χ1) is 17.4. The molecule has 0 heterocycles. The van der Waals surface area contributed by atoms with Crippen LogP contribution in [0.15, 0.2) is 124 Å². The molecule has 4 aromatic carbocycles. The van der Waals surface area contributed by atoms with Gasteiger partial charge in [0.25, 0.3) is 0 Å². The zero-order valence-electron chi connectivity index (χ0n) is 20.1. The number of hydrogen-bond acceptors (Lipinski definition) is 3. The van der Waals surface area contributed by atoms with Gasteiger partial charge in [-0.15, -0.1) is 0 Å². The van der Waals surface area contributed by atoms with Crippen LogP contribution in [0.4, 0.5) is 4.39 Å². The Morgan fingerprint density at radius 1 is 0.806 bits per heavy atom. The Balaban J connectivity index is 1.44. The van der Waals surface area contributed by atoms with E-state index < -0.39 is 11.6 Å². The number of esters is 1. The molecule has 4 rings (SSSR count). The minimum absolute atomic E-state index is 0.241. The van der Waals surface area contributed by atoms with Gasteiger partial charge in [-0.25, -0.2) is 9.18 Å². The van der Waals surface area contributed by atoms with Crippen molar-refractivity contribution in [3.05, 3.63) is 121 Å². The highest BCUT2D eigenvalue weighted by molar-refractivity contribution is 7.97. The molecule has 0 atom stereocenters. The Labute approximate surface area is 214 Å². The summed E-state index contributed by atoms with van der Waals surface area (Å²) in [6.45, 7) is 3.16. The number of ether oxygens (including phenoxy) is 2. The van der Waals surface area contributed by atoms with E-state index in [0.29, 0.717) is 11.3 Å². The smallest absolute Gasteiger partial charge is 0.345 e. The molecule has 0 radical (unpaired) electrons. The number of hydrogen-bond donors (Lipinski definition) is 0. The monoisotopic (exact) mass is 497 g/mol. The van der Waals surface area contributed by atoms with E-state index in [2.05, 4.69) is 42.2 Å². The summed E-state index contributed by atoms with van der Waals surface area (Å²) in [5, 5.41) is 0. The van der Waals surface area contributed by atoms with E-state index in [-0.39, 0.29) is 23.3 Å². The maximum atomic E-state index is 13.1. The van der Waals surface area contributed by atoms with Crippen LogP contribution in [0, 0.1) is 17.7 Å². The van der Waals surface area contributed by atoms with Gasteiger partial charge in [0.15, 0.2) is 26.9 Å². The van der Waals surface area contributed by atoms with Crippen molar-refractivity contribution in [3.8, 4) is 17.6 Å². The summed E-state index contributed by atoms with van der Waals surface area (Å²) in [6.07, 6.45) is 0. The van der Waals surface area contributed by atoms with E-state index in [0.717, 1.165) is 4.90 Å². The molecule has 0 amide bonds. The van der Waals surface area contributed by atoms with E-state index in [1.807, 2.05) is 54.6 Å². The van der Waals surface area contributed by atoms with E-state index in [1.54, 1.807) is 26.0 Å². The first kappa shape index (κ1) is 25.1. The molecule has 0 spiro atoms. The van der Waals surface area contributed by atoms with Crippen molar-refractivity contribution < 1.29 is 18.7 Å². The second-order valence-electron chi connectivity index (χ2n) is 8.44. The number of halogens is 1. The summed E-state index contributed by atoms with van der Waals surface area (Å²) in [4.78, 5) is 16.0. The molecule has 0 aromatic heterocycles. The maximum Gasteiger partial charge on any atom is 0.345 e. The highest BCUT2D eigenvalue weighted by Gasteiger charge is 2.29. The molecule has 0 N–H and O–H groups in total. The van der Waals surface area contributed by atoms with E-state index in [4.69, 9.17) is 9.47 Å². The van der Waals surface area contributed by atoms with Crippen molar-refractivity contribution in [2.24, 2.45) is 0 Å². The van der Waals surface area contributed by atoms with E-state index >= 15 is 0 Å². The normalized spacial score (nSPS) is 10.9. The number of benzene rings is 4. The molecule has 0 saturated heterocycles. The third kappa shape index (κ3) is 7.00. The van der Waals surface area contributed by atoms with Gasteiger partial charge < -0.3 is 9.47 Å². The summed E-state index contributed by atoms with van der Waals surface area (Å²) in [5.74, 6) is 5.56. The van der Waals surface area contributed by atoms with Crippen LogP contribution in [0.1, 0.15) is 19.4 Å². The molecule has 36 heavy (non-hydrogen) atoms. The third-order valence-electron chi connectivity index (χ3n) is 5.08. The zero-order valence-corrected chi connectivity index (χ0v) is 20.9. The van der Waals surface area contributed by atoms with Crippen molar-refractivity contribution >= 4 is 16.9 Å². The van der Waals surface area contributed by atoms with Crippen molar-refractivity contribution in [3.63, 3.8) is 0 Å². The molecule has 0 fully saturated rings. The Kier molecular flexibility index (Phi) is 8.10. The van der Waals surface area contributed by atoms with Crippen LogP contribution in [-0.4, -0.2) is 18.2 Å². The molecular formula is C31H26FO3S+. The predicted octanol–water partition coefficient (Wildman–Crippen LogP) is 6.67. The van der Waals surface area contributed by atoms with Crippen molar-refractivity contribution in [1.82, 2.24) is 0 Å². The first-order valence-corrected chi connectivity index (χ1v) is 12.7. The van der Waals surface area contributed by atoms with Gasteiger partial charge in [-0.1, -0.05) is 54.3 Å². The van der Waals surface area contributed by atoms with Crippen LogP contribution in [0.25, 0.3) is 0 Å². The van der Waals surface area contributed by atoms with Crippen LogP contribution in [0.5, 0.6) is 5.75 Å². The molecule has 0 bridgehead atoms. The van der Waals surface area contributed by atoms with E-state index in [1.165, 1.54) is 21.9 Å². The Bertz CT molecular complexity index is 1320. The minimum atomic E-state index is -1.02. The Morgan fingerprint density at radius 2 is 1.39 bits per heavy atom. The predicted molar refractivity (Wildman–Crippen MR) is 140 cm³/mol. The molecule has 0 aliphatic rings. The maximum absolute atomic E-state index is 13.1. The van der Waals surface area contributed by atoms with Crippen molar-refractivity contribution in [2.45, 2.75) is 34.1 Å². The highest BCUT2D eigenvalue weighted by Crippen LogP contribution is 2.32. The SMILES string of the molecule is CC(C)(C#Cc1ccc(F)cc1)OC(=O)COc1cccc([S+](c2ccccc2)c2ccccc2)c1. The average Bonchev–Trinajstić information content (AvgIpc) is 2.89. The Hall–Kier alpha value is -4.01. The first-order valence-electron chi connectivity index (χ1n) is 11.5. The van der Waals surface area contributed by atoms with Gasteiger partial charge in [0.1, 0.15) is 11.6 Å². The topological polar surface area (TPSA) is 35.5 Å². The highest BCUT2D eigenvalue weighted by atomic mass is 32.2. The van der Waals surface area contributed by atoms with Gasteiger partial charge in [0, 0.05) is 11.6 Å². The summed E-state index contributed by atoms with van der Waals surface area (Å²) in [6, 6.07) is 34.3. The average molecular weight is 498 g/mol. The quantitative estimate of drug-likeness (QED) is 0.162.